The molecule has 0 atom stereocenters. The van der Waals surface area contributed by atoms with Crippen molar-refractivity contribution in [2.24, 2.45) is 0 Å². The third-order valence-corrected chi connectivity index (χ3v) is 4.22. The van der Waals surface area contributed by atoms with Crippen molar-refractivity contribution in [1.29, 1.82) is 0 Å². The van der Waals surface area contributed by atoms with Crippen LogP contribution in [-0.2, 0) is 6.54 Å². The molecule has 2 amide bonds. The zero-order valence-corrected chi connectivity index (χ0v) is 14.5. The first-order chi connectivity index (χ1) is 12.6. The number of aryl methyl sites for hydroxylation is 2. The molecular weight excluding hydrogens is 332 g/mol. The van der Waals surface area contributed by atoms with Gasteiger partial charge in [-0.1, -0.05) is 6.07 Å². The summed E-state index contributed by atoms with van der Waals surface area (Å²) < 4.78 is 10.6. The van der Waals surface area contributed by atoms with Gasteiger partial charge in [0.25, 0.3) is 0 Å². The normalized spacial score (nSPS) is 12.2. The number of fused-ring (bicyclic) bond motifs is 2. The minimum Gasteiger partial charge on any atom is -0.454 e. The lowest BCUT2D eigenvalue weighted by Crippen LogP contribution is -2.28. The minimum atomic E-state index is -0.293. The maximum absolute atomic E-state index is 12.2. The largest absolute Gasteiger partial charge is 0.454 e. The number of aromatic nitrogens is 2. The second-order valence-corrected chi connectivity index (χ2v) is 6.09. The van der Waals surface area contributed by atoms with Gasteiger partial charge >= 0.3 is 6.03 Å². The van der Waals surface area contributed by atoms with Gasteiger partial charge in [-0.2, -0.15) is 0 Å². The van der Waals surface area contributed by atoms with Gasteiger partial charge in [-0.3, -0.25) is 0 Å². The van der Waals surface area contributed by atoms with Gasteiger partial charge < -0.3 is 20.1 Å². The van der Waals surface area contributed by atoms with Crippen LogP contribution in [-0.4, -0.2) is 22.8 Å². The molecule has 0 bridgehead atoms. The molecule has 0 saturated carbocycles. The van der Waals surface area contributed by atoms with E-state index in [-0.39, 0.29) is 12.8 Å². The molecule has 132 valence electrons. The highest BCUT2D eigenvalue weighted by molar-refractivity contribution is 5.91. The van der Waals surface area contributed by atoms with Crippen LogP contribution in [0, 0.1) is 13.8 Å². The zero-order chi connectivity index (χ0) is 18.1. The molecule has 26 heavy (non-hydrogen) atoms. The quantitative estimate of drug-likeness (QED) is 0.757. The molecule has 2 heterocycles. The van der Waals surface area contributed by atoms with Crippen molar-refractivity contribution in [3.8, 4) is 11.5 Å². The number of nitrogens with zero attached hydrogens (tertiary/aromatic N) is 2. The number of benzene rings is 2. The number of hydrogen-bond acceptors (Lipinski definition) is 5. The van der Waals surface area contributed by atoms with Crippen molar-refractivity contribution >= 4 is 22.8 Å². The number of urea groups is 1. The van der Waals surface area contributed by atoms with Gasteiger partial charge in [0.1, 0.15) is 0 Å². The van der Waals surface area contributed by atoms with Crippen LogP contribution in [0.15, 0.2) is 36.4 Å². The summed E-state index contributed by atoms with van der Waals surface area (Å²) >= 11 is 0. The van der Waals surface area contributed by atoms with Crippen molar-refractivity contribution in [3.05, 3.63) is 53.3 Å². The van der Waals surface area contributed by atoms with Gasteiger partial charge in [-0.05, 0) is 49.7 Å². The van der Waals surface area contributed by atoms with Crippen LogP contribution in [0.5, 0.6) is 11.5 Å². The standard InChI is InChI=1S/C19H18N4O3/c1-11-12(2)22-16-8-14(4-5-15(16)21-11)23-19(24)20-9-13-3-6-17-18(7-13)26-10-25-17/h3-8H,9-10H2,1-2H3,(H2,20,23,24). The summed E-state index contributed by atoms with van der Waals surface area (Å²) in [5.41, 5.74) is 4.93. The summed E-state index contributed by atoms with van der Waals surface area (Å²) in [4.78, 5) is 21.2. The Morgan fingerprint density at radius 3 is 2.62 bits per heavy atom. The highest BCUT2D eigenvalue weighted by Gasteiger charge is 2.13. The molecule has 4 rings (SSSR count). The summed E-state index contributed by atoms with van der Waals surface area (Å²) in [7, 11) is 0. The van der Waals surface area contributed by atoms with E-state index in [0.29, 0.717) is 18.0 Å². The number of hydrogen-bond donors (Lipinski definition) is 2. The Kier molecular flexibility index (Phi) is 4.04. The average Bonchev–Trinajstić information content (AvgIpc) is 3.09. The van der Waals surface area contributed by atoms with E-state index in [4.69, 9.17) is 9.47 Å². The molecule has 7 nitrogen and oxygen atoms in total. The van der Waals surface area contributed by atoms with E-state index in [1.54, 1.807) is 0 Å². The fourth-order valence-corrected chi connectivity index (χ4v) is 2.72. The lowest BCUT2D eigenvalue weighted by atomic mass is 10.2. The summed E-state index contributed by atoms with van der Waals surface area (Å²) in [6, 6.07) is 10.8. The lowest BCUT2D eigenvalue weighted by Gasteiger charge is -2.09. The molecule has 2 aromatic carbocycles. The molecule has 7 heteroatoms. The van der Waals surface area contributed by atoms with E-state index in [1.807, 2.05) is 50.2 Å². The van der Waals surface area contributed by atoms with Crippen molar-refractivity contribution in [3.63, 3.8) is 0 Å². The smallest absolute Gasteiger partial charge is 0.319 e. The summed E-state index contributed by atoms with van der Waals surface area (Å²) in [6.45, 7) is 4.46. The molecule has 0 unspecified atom stereocenters. The van der Waals surface area contributed by atoms with E-state index >= 15 is 0 Å². The fraction of sp³-hybridized carbons (Fsp3) is 0.211. The van der Waals surface area contributed by atoms with Crippen molar-refractivity contribution < 1.29 is 14.3 Å². The van der Waals surface area contributed by atoms with Gasteiger partial charge in [0, 0.05) is 12.2 Å². The van der Waals surface area contributed by atoms with Gasteiger partial charge in [0.2, 0.25) is 6.79 Å². The van der Waals surface area contributed by atoms with Crippen molar-refractivity contribution in [2.45, 2.75) is 20.4 Å². The van der Waals surface area contributed by atoms with Crippen LogP contribution in [0.25, 0.3) is 11.0 Å². The molecule has 1 aliphatic rings. The molecular formula is C19H18N4O3. The minimum absolute atomic E-state index is 0.233. The second kappa shape index (κ2) is 6.51. The van der Waals surface area contributed by atoms with Crippen LogP contribution in [0.1, 0.15) is 17.0 Å². The Labute approximate surface area is 150 Å². The molecule has 0 aliphatic carbocycles. The summed E-state index contributed by atoms with van der Waals surface area (Å²) in [6.07, 6.45) is 0. The molecule has 0 radical (unpaired) electrons. The molecule has 3 aromatic rings. The topological polar surface area (TPSA) is 85.4 Å². The van der Waals surface area contributed by atoms with Crippen LogP contribution >= 0.6 is 0 Å². The number of anilines is 1. The molecule has 2 N–H and O–H groups in total. The number of ether oxygens (including phenoxy) is 2. The van der Waals surface area contributed by atoms with E-state index in [0.717, 1.165) is 33.7 Å². The van der Waals surface area contributed by atoms with Crippen LogP contribution in [0.2, 0.25) is 0 Å². The Hall–Kier alpha value is -3.35. The van der Waals surface area contributed by atoms with E-state index in [9.17, 15) is 4.79 Å². The predicted molar refractivity (Wildman–Crippen MR) is 97.4 cm³/mol. The fourth-order valence-electron chi connectivity index (χ4n) is 2.72. The third kappa shape index (κ3) is 3.23. The molecule has 0 fully saturated rings. The lowest BCUT2D eigenvalue weighted by molar-refractivity contribution is 0.174. The first-order valence-corrected chi connectivity index (χ1v) is 8.27. The first-order valence-electron chi connectivity index (χ1n) is 8.27. The molecule has 0 saturated heterocycles. The van der Waals surface area contributed by atoms with Gasteiger partial charge in [-0.25, -0.2) is 14.8 Å². The van der Waals surface area contributed by atoms with Crippen molar-refractivity contribution in [1.82, 2.24) is 15.3 Å². The van der Waals surface area contributed by atoms with Crippen LogP contribution in [0.4, 0.5) is 10.5 Å². The first kappa shape index (κ1) is 16.1. The SMILES string of the molecule is Cc1nc2ccc(NC(=O)NCc3ccc4c(c3)OCO4)cc2nc1C. The van der Waals surface area contributed by atoms with E-state index < -0.39 is 0 Å². The Balaban J connectivity index is 1.41. The number of carbonyl (C=O) groups is 1. The highest BCUT2D eigenvalue weighted by atomic mass is 16.7. The molecule has 1 aliphatic heterocycles. The zero-order valence-electron chi connectivity index (χ0n) is 14.5. The Bertz CT molecular complexity index is 1000. The number of nitrogens with one attached hydrogen (secondary N) is 2. The van der Waals surface area contributed by atoms with Crippen LogP contribution < -0.4 is 20.1 Å². The summed E-state index contributed by atoms with van der Waals surface area (Å²) in [5, 5.41) is 5.64. The number of carbonyl (C=O) groups excluding carboxylic acids is 1. The summed E-state index contributed by atoms with van der Waals surface area (Å²) in [5.74, 6) is 1.42. The maximum Gasteiger partial charge on any atom is 0.319 e. The van der Waals surface area contributed by atoms with E-state index in [1.165, 1.54) is 0 Å². The maximum atomic E-state index is 12.2. The molecule has 0 spiro atoms. The third-order valence-electron chi connectivity index (χ3n) is 4.22. The number of rotatable bonds is 3. The van der Waals surface area contributed by atoms with Gasteiger partial charge in [-0.15, -0.1) is 0 Å². The van der Waals surface area contributed by atoms with E-state index in [2.05, 4.69) is 20.6 Å². The van der Waals surface area contributed by atoms with Gasteiger partial charge in [0.05, 0.1) is 22.4 Å². The Morgan fingerprint density at radius 2 is 1.77 bits per heavy atom. The second-order valence-electron chi connectivity index (χ2n) is 6.09. The molecule has 1 aromatic heterocycles. The average molecular weight is 350 g/mol. The van der Waals surface area contributed by atoms with Crippen molar-refractivity contribution in [2.75, 3.05) is 12.1 Å². The number of amides is 2. The predicted octanol–water partition coefficient (Wildman–Crippen LogP) is 3.30. The monoisotopic (exact) mass is 350 g/mol. The Morgan fingerprint density at radius 1 is 1.00 bits per heavy atom. The highest BCUT2D eigenvalue weighted by Crippen LogP contribution is 2.32. The van der Waals surface area contributed by atoms with Gasteiger partial charge in [0.15, 0.2) is 11.5 Å². The van der Waals surface area contributed by atoms with Crippen LogP contribution in [0.3, 0.4) is 0 Å².